The minimum atomic E-state index is -0.656. The van der Waals surface area contributed by atoms with Crippen LogP contribution in [-0.4, -0.2) is 35.4 Å². The van der Waals surface area contributed by atoms with Crippen LogP contribution in [0.5, 0.6) is 5.75 Å². The average molecular weight is 459 g/mol. The predicted octanol–water partition coefficient (Wildman–Crippen LogP) is 5.35. The number of nitrogens with zero attached hydrogens (tertiary/aromatic N) is 1. The normalized spacial score (nSPS) is 13.2. The molecule has 0 heterocycles. The Morgan fingerprint density at radius 1 is 1.09 bits per heavy atom. The number of halogens is 1. The Morgan fingerprint density at radius 2 is 1.78 bits per heavy atom. The van der Waals surface area contributed by atoms with Crippen molar-refractivity contribution in [1.82, 2.24) is 10.2 Å². The number of ether oxygens (including phenoxy) is 1. The van der Waals surface area contributed by atoms with Crippen molar-refractivity contribution in [2.45, 2.75) is 72.0 Å². The molecule has 0 aliphatic rings. The molecular weight excluding hydrogens is 424 g/mol. The van der Waals surface area contributed by atoms with E-state index in [2.05, 4.69) is 26.1 Å². The molecule has 5 nitrogen and oxygen atoms in total. The largest absolute Gasteiger partial charge is 0.483 e. The van der Waals surface area contributed by atoms with E-state index in [4.69, 9.17) is 16.3 Å². The highest BCUT2D eigenvalue weighted by molar-refractivity contribution is 6.30. The number of carbonyl (C=O) groups excluding carboxylic acids is 2. The summed E-state index contributed by atoms with van der Waals surface area (Å²) >= 11 is 6.13. The predicted molar refractivity (Wildman–Crippen MR) is 130 cm³/mol. The average Bonchev–Trinajstić information content (AvgIpc) is 2.74. The Bertz CT molecular complexity index is 923. The number of benzene rings is 2. The van der Waals surface area contributed by atoms with Gasteiger partial charge in [-0.05, 0) is 55.0 Å². The first-order valence-corrected chi connectivity index (χ1v) is 11.5. The molecule has 0 fully saturated rings. The second kappa shape index (κ2) is 11.4. The van der Waals surface area contributed by atoms with E-state index in [1.165, 1.54) is 0 Å². The Hall–Kier alpha value is -2.53. The highest BCUT2D eigenvalue weighted by atomic mass is 35.5. The summed E-state index contributed by atoms with van der Waals surface area (Å²) in [6.07, 6.45) is 0.813. The highest BCUT2D eigenvalue weighted by Gasteiger charge is 2.28. The van der Waals surface area contributed by atoms with Crippen LogP contribution >= 0.6 is 11.6 Å². The van der Waals surface area contributed by atoms with Crippen LogP contribution in [0.4, 0.5) is 0 Å². The number of hydrogen-bond donors (Lipinski definition) is 1. The third-order valence-corrected chi connectivity index (χ3v) is 5.69. The van der Waals surface area contributed by atoms with Crippen LogP contribution in [0.2, 0.25) is 5.02 Å². The van der Waals surface area contributed by atoms with Gasteiger partial charge in [-0.2, -0.15) is 0 Å². The summed E-state index contributed by atoms with van der Waals surface area (Å²) < 4.78 is 5.95. The topological polar surface area (TPSA) is 58.6 Å². The maximum absolute atomic E-state index is 13.3. The Balaban J connectivity index is 2.23. The molecule has 2 aromatic rings. The minimum Gasteiger partial charge on any atom is -0.483 e. The molecule has 0 saturated carbocycles. The van der Waals surface area contributed by atoms with Crippen molar-refractivity contribution in [2.75, 3.05) is 6.61 Å². The molecule has 174 valence electrons. The fraction of sp³-hybridized carbons (Fsp3) is 0.462. The summed E-state index contributed by atoms with van der Waals surface area (Å²) in [5.41, 5.74) is 1.75. The summed E-state index contributed by atoms with van der Waals surface area (Å²) in [5, 5.41) is 3.55. The van der Waals surface area contributed by atoms with Gasteiger partial charge in [0.15, 0.2) is 6.61 Å². The van der Waals surface area contributed by atoms with E-state index in [-0.39, 0.29) is 36.4 Å². The summed E-state index contributed by atoms with van der Waals surface area (Å²) in [6, 6.07) is 14.4. The van der Waals surface area contributed by atoms with E-state index in [9.17, 15) is 9.59 Å². The second-order valence-corrected chi connectivity index (χ2v) is 9.62. The van der Waals surface area contributed by atoms with Gasteiger partial charge in [0.25, 0.3) is 5.91 Å². The maximum atomic E-state index is 13.3. The van der Waals surface area contributed by atoms with Crippen molar-refractivity contribution >= 4 is 23.4 Å². The third kappa shape index (κ3) is 7.27. The Labute approximate surface area is 197 Å². The monoisotopic (exact) mass is 458 g/mol. The second-order valence-electron chi connectivity index (χ2n) is 9.18. The van der Waals surface area contributed by atoms with E-state index >= 15 is 0 Å². The summed E-state index contributed by atoms with van der Waals surface area (Å²) in [4.78, 5) is 27.6. The quantitative estimate of drug-likeness (QED) is 0.551. The molecule has 2 atom stereocenters. The molecule has 0 radical (unpaired) electrons. The van der Waals surface area contributed by atoms with E-state index in [1.54, 1.807) is 24.0 Å². The summed E-state index contributed by atoms with van der Waals surface area (Å²) in [6.45, 7) is 12.1. The van der Waals surface area contributed by atoms with Crippen molar-refractivity contribution in [3.63, 3.8) is 0 Å². The zero-order valence-electron chi connectivity index (χ0n) is 19.9. The SMILES string of the molecule is CC[C@@H](C)NC(=O)[C@H](C)N(Cc1cccc(Cl)c1)C(=O)COc1ccccc1C(C)(C)C. The number of hydrogen-bond acceptors (Lipinski definition) is 3. The lowest BCUT2D eigenvalue weighted by Crippen LogP contribution is -2.50. The molecule has 0 aromatic heterocycles. The lowest BCUT2D eigenvalue weighted by Gasteiger charge is -2.30. The number of rotatable bonds is 9. The van der Waals surface area contributed by atoms with Crippen LogP contribution in [0, 0.1) is 0 Å². The van der Waals surface area contributed by atoms with Crippen LogP contribution in [0.25, 0.3) is 0 Å². The number of amides is 2. The van der Waals surface area contributed by atoms with Crippen LogP contribution < -0.4 is 10.1 Å². The van der Waals surface area contributed by atoms with Crippen LogP contribution in [0.15, 0.2) is 48.5 Å². The molecule has 0 spiro atoms. The van der Waals surface area contributed by atoms with Gasteiger partial charge in [-0.1, -0.05) is 69.6 Å². The minimum absolute atomic E-state index is 0.0305. The lowest BCUT2D eigenvalue weighted by atomic mass is 9.86. The van der Waals surface area contributed by atoms with E-state index < -0.39 is 6.04 Å². The lowest BCUT2D eigenvalue weighted by molar-refractivity contribution is -0.142. The van der Waals surface area contributed by atoms with Crippen molar-refractivity contribution in [3.8, 4) is 5.75 Å². The van der Waals surface area contributed by atoms with Gasteiger partial charge >= 0.3 is 0 Å². The summed E-state index contributed by atoms with van der Waals surface area (Å²) in [5.74, 6) is 0.220. The van der Waals surface area contributed by atoms with Gasteiger partial charge < -0.3 is 15.0 Å². The molecule has 6 heteroatoms. The van der Waals surface area contributed by atoms with Gasteiger partial charge in [0.1, 0.15) is 11.8 Å². The van der Waals surface area contributed by atoms with Crippen molar-refractivity contribution in [3.05, 3.63) is 64.7 Å². The van der Waals surface area contributed by atoms with Crippen LogP contribution in [0.1, 0.15) is 59.1 Å². The molecule has 0 aliphatic heterocycles. The first kappa shape index (κ1) is 25.7. The maximum Gasteiger partial charge on any atom is 0.261 e. The van der Waals surface area contributed by atoms with Crippen LogP contribution in [-0.2, 0) is 21.5 Å². The Morgan fingerprint density at radius 3 is 2.41 bits per heavy atom. The highest BCUT2D eigenvalue weighted by Crippen LogP contribution is 2.31. The molecule has 0 saturated heterocycles. The molecule has 0 bridgehead atoms. The molecule has 1 N–H and O–H groups in total. The summed E-state index contributed by atoms with van der Waals surface area (Å²) in [7, 11) is 0. The molecular formula is C26H35ClN2O3. The van der Waals surface area contributed by atoms with Gasteiger partial charge in [-0.15, -0.1) is 0 Å². The molecule has 0 unspecified atom stereocenters. The number of carbonyl (C=O) groups is 2. The first-order chi connectivity index (χ1) is 15.0. The fourth-order valence-corrected chi connectivity index (χ4v) is 3.53. The number of nitrogens with one attached hydrogen (secondary N) is 1. The molecule has 2 aromatic carbocycles. The van der Waals surface area contributed by atoms with Gasteiger partial charge in [-0.25, -0.2) is 0 Å². The zero-order chi connectivity index (χ0) is 23.9. The fourth-order valence-electron chi connectivity index (χ4n) is 3.31. The third-order valence-electron chi connectivity index (χ3n) is 5.46. The molecule has 32 heavy (non-hydrogen) atoms. The van der Waals surface area contributed by atoms with E-state index in [0.717, 1.165) is 17.5 Å². The smallest absolute Gasteiger partial charge is 0.261 e. The van der Waals surface area contributed by atoms with E-state index in [0.29, 0.717) is 10.8 Å². The van der Waals surface area contributed by atoms with E-state index in [1.807, 2.05) is 50.2 Å². The zero-order valence-corrected chi connectivity index (χ0v) is 20.7. The van der Waals surface area contributed by atoms with Crippen LogP contribution in [0.3, 0.4) is 0 Å². The van der Waals surface area contributed by atoms with Gasteiger partial charge in [0, 0.05) is 17.6 Å². The van der Waals surface area contributed by atoms with Gasteiger partial charge in [0.05, 0.1) is 0 Å². The van der Waals surface area contributed by atoms with Gasteiger partial charge in [0.2, 0.25) is 5.91 Å². The molecule has 2 rings (SSSR count). The molecule has 2 amide bonds. The Kier molecular flexibility index (Phi) is 9.14. The van der Waals surface area contributed by atoms with Crippen molar-refractivity contribution in [2.24, 2.45) is 0 Å². The molecule has 0 aliphatic carbocycles. The number of para-hydroxylation sites is 1. The van der Waals surface area contributed by atoms with Crippen molar-refractivity contribution < 1.29 is 14.3 Å². The standard InChI is InChI=1S/C26H35ClN2O3/c1-7-18(2)28-25(31)19(3)29(16-20-11-10-12-21(27)15-20)24(30)17-32-23-14-9-8-13-22(23)26(4,5)6/h8-15,18-19H,7,16-17H2,1-6H3,(H,28,31)/t18-,19+/m1/s1. The van der Waals surface area contributed by atoms with Crippen molar-refractivity contribution in [1.29, 1.82) is 0 Å². The van der Waals surface area contributed by atoms with Gasteiger partial charge in [-0.3, -0.25) is 9.59 Å². The first-order valence-electron chi connectivity index (χ1n) is 11.1.